The van der Waals surface area contributed by atoms with E-state index in [-0.39, 0.29) is 0 Å². The third-order valence-corrected chi connectivity index (χ3v) is 3.61. The first-order valence-corrected chi connectivity index (χ1v) is 5.94. The standard InChI is InChI=1S/C13H16N2O2/c1-15-7-6-14-12(15)9-13(16)5-2-3-11-10(13)4-8-17-11/h4,6-8,16H,2-3,5,9H2,1H3. The highest BCUT2D eigenvalue weighted by Gasteiger charge is 2.37. The van der Waals surface area contributed by atoms with Crippen molar-refractivity contribution in [2.45, 2.75) is 31.3 Å². The minimum absolute atomic E-state index is 0.545. The minimum Gasteiger partial charge on any atom is -0.469 e. The van der Waals surface area contributed by atoms with Crippen LogP contribution in [0.4, 0.5) is 0 Å². The number of aryl methyl sites for hydroxylation is 2. The van der Waals surface area contributed by atoms with Gasteiger partial charge in [0.15, 0.2) is 0 Å². The van der Waals surface area contributed by atoms with Crippen molar-refractivity contribution in [3.05, 3.63) is 41.9 Å². The van der Waals surface area contributed by atoms with Crippen molar-refractivity contribution in [1.82, 2.24) is 9.55 Å². The van der Waals surface area contributed by atoms with E-state index in [1.54, 1.807) is 12.5 Å². The van der Waals surface area contributed by atoms with Gasteiger partial charge < -0.3 is 14.1 Å². The zero-order valence-electron chi connectivity index (χ0n) is 9.89. The molecule has 1 aliphatic rings. The Morgan fingerprint density at radius 3 is 3.24 bits per heavy atom. The summed E-state index contributed by atoms with van der Waals surface area (Å²) in [5.41, 5.74) is 0.117. The molecule has 2 aromatic rings. The van der Waals surface area contributed by atoms with E-state index in [1.165, 1.54) is 0 Å². The van der Waals surface area contributed by atoms with Gasteiger partial charge in [-0.05, 0) is 18.9 Å². The Morgan fingerprint density at radius 1 is 1.59 bits per heavy atom. The highest BCUT2D eigenvalue weighted by molar-refractivity contribution is 5.28. The molecule has 4 nitrogen and oxygen atoms in total. The molecule has 0 saturated heterocycles. The summed E-state index contributed by atoms with van der Waals surface area (Å²) in [4.78, 5) is 4.28. The molecule has 1 aliphatic carbocycles. The Bertz CT molecular complexity index is 529. The molecule has 0 radical (unpaired) electrons. The molecule has 90 valence electrons. The van der Waals surface area contributed by atoms with Crippen LogP contribution in [0.2, 0.25) is 0 Å². The third kappa shape index (κ3) is 1.69. The summed E-state index contributed by atoms with van der Waals surface area (Å²) in [5, 5.41) is 10.8. The molecule has 0 amide bonds. The van der Waals surface area contributed by atoms with Crippen LogP contribution in [-0.2, 0) is 25.5 Å². The Kier molecular flexibility index (Phi) is 2.33. The van der Waals surface area contributed by atoms with Crippen LogP contribution in [0.3, 0.4) is 0 Å². The van der Waals surface area contributed by atoms with Crippen LogP contribution in [0.25, 0.3) is 0 Å². The van der Waals surface area contributed by atoms with Crippen LogP contribution in [-0.4, -0.2) is 14.7 Å². The average Bonchev–Trinajstić information content (AvgIpc) is 2.90. The van der Waals surface area contributed by atoms with Gasteiger partial charge in [-0.2, -0.15) is 0 Å². The van der Waals surface area contributed by atoms with E-state index in [9.17, 15) is 5.11 Å². The fourth-order valence-corrected chi connectivity index (χ4v) is 2.64. The first-order chi connectivity index (χ1) is 8.19. The summed E-state index contributed by atoms with van der Waals surface area (Å²) < 4.78 is 7.36. The molecule has 0 fully saturated rings. The van der Waals surface area contributed by atoms with E-state index in [2.05, 4.69) is 4.98 Å². The lowest BCUT2D eigenvalue weighted by Gasteiger charge is -2.31. The topological polar surface area (TPSA) is 51.2 Å². The van der Waals surface area contributed by atoms with Crippen molar-refractivity contribution in [3.63, 3.8) is 0 Å². The van der Waals surface area contributed by atoms with E-state index in [4.69, 9.17) is 4.42 Å². The van der Waals surface area contributed by atoms with Gasteiger partial charge in [0.05, 0.1) is 6.26 Å². The van der Waals surface area contributed by atoms with Crippen molar-refractivity contribution in [1.29, 1.82) is 0 Å². The Labute approximate surface area is 99.9 Å². The second-order valence-corrected chi connectivity index (χ2v) is 4.77. The van der Waals surface area contributed by atoms with E-state index in [0.717, 1.165) is 36.4 Å². The highest BCUT2D eigenvalue weighted by Crippen LogP contribution is 2.38. The number of hydrogen-bond donors (Lipinski definition) is 1. The summed E-state index contributed by atoms with van der Waals surface area (Å²) in [7, 11) is 1.95. The molecule has 1 N–H and O–H groups in total. The number of nitrogens with zero attached hydrogens (tertiary/aromatic N) is 2. The van der Waals surface area contributed by atoms with Crippen molar-refractivity contribution in [2.24, 2.45) is 7.05 Å². The number of aliphatic hydroxyl groups is 1. The van der Waals surface area contributed by atoms with Crippen LogP contribution in [0, 0.1) is 0 Å². The lowest BCUT2D eigenvalue weighted by Crippen LogP contribution is -2.33. The monoisotopic (exact) mass is 232 g/mol. The van der Waals surface area contributed by atoms with Crippen molar-refractivity contribution in [3.8, 4) is 0 Å². The Balaban J connectivity index is 1.96. The maximum absolute atomic E-state index is 10.8. The largest absolute Gasteiger partial charge is 0.469 e. The molecule has 2 heterocycles. The fourth-order valence-electron chi connectivity index (χ4n) is 2.64. The van der Waals surface area contributed by atoms with E-state index in [1.807, 2.05) is 23.9 Å². The van der Waals surface area contributed by atoms with Gasteiger partial charge in [0, 0.05) is 37.8 Å². The summed E-state index contributed by atoms with van der Waals surface area (Å²) in [6.07, 6.45) is 8.52. The molecule has 1 unspecified atom stereocenters. The van der Waals surface area contributed by atoms with Gasteiger partial charge in [-0.25, -0.2) is 4.98 Å². The SMILES string of the molecule is Cn1ccnc1CC1(O)CCCc2occc21. The molecule has 17 heavy (non-hydrogen) atoms. The van der Waals surface area contributed by atoms with Gasteiger partial charge >= 0.3 is 0 Å². The molecule has 4 heteroatoms. The molecule has 0 spiro atoms. The zero-order chi connectivity index (χ0) is 11.9. The Morgan fingerprint density at radius 2 is 2.47 bits per heavy atom. The van der Waals surface area contributed by atoms with Crippen LogP contribution in [0.1, 0.15) is 30.0 Å². The second-order valence-electron chi connectivity index (χ2n) is 4.77. The first-order valence-electron chi connectivity index (χ1n) is 5.94. The van der Waals surface area contributed by atoms with Gasteiger partial charge in [-0.3, -0.25) is 0 Å². The normalized spacial score (nSPS) is 23.6. The number of furan rings is 1. The van der Waals surface area contributed by atoms with Crippen molar-refractivity contribution in [2.75, 3.05) is 0 Å². The van der Waals surface area contributed by atoms with Crippen LogP contribution in [0.15, 0.2) is 29.1 Å². The predicted octanol–water partition coefficient (Wildman–Crippen LogP) is 1.78. The molecular weight excluding hydrogens is 216 g/mol. The molecule has 0 bridgehead atoms. The van der Waals surface area contributed by atoms with Gasteiger partial charge in [0.2, 0.25) is 0 Å². The van der Waals surface area contributed by atoms with Crippen LogP contribution in [0.5, 0.6) is 0 Å². The van der Waals surface area contributed by atoms with E-state index < -0.39 is 5.60 Å². The number of aromatic nitrogens is 2. The number of hydrogen-bond acceptors (Lipinski definition) is 3. The summed E-state index contributed by atoms with van der Waals surface area (Å²) in [6.45, 7) is 0. The zero-order valence-corrected chi connectivity index (χ0v) is 9.89. The second kappa shape index (κ2) is 3.74. The van der Waals surface area contributed by atoms with Crippen LogP contribution < -0.4 is 0 Å². The molecule has 1 atom stereocenters. The molecule has 3 rings (SSSR count). The molecular formula is C13H16N2O2. The maximum Gasteiger partial charge on any atom is 0.111 e. The van der Waals surface area contributed by atoms with E-state index >= 15 is 0 Å². The first kappa shape index (κ1) is 10.6. The fraction of sp³-hybridized carbons (Fsp3) is 0.462. The molecule has 0 aliphatic heterocycles. The predicted molar refractivity (Wildman–Crippen MR) is 62.5 cm³/mol. The van der Waals surface area contributed by atoms with E-state index in [0.29, 0.717) is 6.42 Å². The molecule has 2 aromatic heterocycles. The average molecular weight is 232 g/mol. The third-order valence-electron chi connectivity index (χ3n) is 3.61. The lowest BCUT2D eigenvalue weighted by atomic mass is 9.80. The quantitative estimate of drug-likeness (QED) is 0.858. The summed E-state index contributed by atoms with van der Waals surface area (Å²) >= 11 is 0. The van der Waals surface area contributed by atoms with Gasteiger partial charge in [0.25, 0.3) is 0 Å². The van der Waals surface area contributed by atoms with Gasteiger partial charge in [-0.15, -0.1) is 0 Å². The number of rotatable bonds is 2. The summed E-state index contributed by atoms with van der Waals surface area (Å²) in [6, 6.07) is 1.89. The van der Waals surface area contributed by atoms with Crippen LogP contribution >= 0.6 is 0 Å². The summed E-state index contributed by atoms with van der Waals surface area (Å²) in [5.74, 6) is 1.83. The molecule has 0 aromatic carbocycles. The molecule has 0 saturated carbocycles. The van der Waals surface area contributed by atoms with Crippen molar-refractivity contribution >= 4 is 0 Å². The number of fused-ring (bicyclic) bond motifs is 1. The lowest BCUT2D eigenvalue weighted by molar-refractivity contribution is 0.0144. The minimum atomic E-state index is -0.820. The number of imidazole rings is 1. The Hall–Kier alpha value is -1.55. The van der Waals surface area contributed by atoms with Gasteiger partial charge in [0.1, 0.15) is 17.2 Å². The highest BCUT2D eigenvalue weighted by atomic mass is 16.3. The smallest absolute Gasteiger partial charge is 0.111 e. The van der Waals surface area contributed by atoms with Gasteiger partial charge in [-0.1, -0.05) is 0 Å². The maximum atomic E-state index is 10.8. The van der Waals surface area contributed by atoms with Crippen molar-refractivity contribution < 1.29 is 9.52 Å².